The van der Waals surface area contributed by atoms with Gasteiger partial charge < -0.3 is 4.74 Å². The van der Waals surface area contributed by atoms with Gasteiger partial charge in [0.05, 0.1) is 22.9 Å². The zero-order valence-corrected chi connectivity index (χ0v) is 16.2. The molecule has 3 aromatic rings. The van der Waals surface area contributed by atoms with Crippen molar-refractivity contribution in [1.29, 1.82) is 0 Å². The van der Waals surface area contributed by atoms with E-state index in [-0.39, 0.29) is 16.1 Å². The highest BCUT2D eigenvalue weighted by Crippen LogP contribution is 2.27. The van der Waals surface area contributed by atoms with Gasteiger partial charge in [-0.25, -0.2) is 9.97 Å². The van der Waals surface area contributed by atoms with E-state index >= 15 is 0 Å². The molecule has 0 aliphatic heterocycles. The molecule has 0 unspecified atom stereocenters. The van der Waals surface area contributed by atoms with E-state index in [9.17, 15) is 4.79 Å². The predicted molar refractivity (Wildman–Crippen MR) is 106 cm³/mol. The van der Waals surface area contributed by atoms with Crippen LogP contribution in [-0.2, 0) is 0 Å². The number of carbonyl (C=O) groups is 1. The van der Waals surface area contributed by atoms with Crippen LogP contribution in [0.4, 0.5) is 5.13 Å². The number of nitrogens with zero attached hydrogens (tertiary/aromatic N) is 2. The largest absolute Gasteiger partial charge is 0.494 e. The fraction of sp³-hybridized carbons (Fsp3) is 0.167. The first kappa shape index (κ1) is 18.6. The Bertz CT molecular complexity index is 913. The normalized spacial score (nSPS) is 10.6. The van der Waals surface area contributed by atoms with Gasteiger partial charge in [0, 0.05) is 17.1 Å². The summed E-state index contributed by atoms with van der Waals surface area (Å²) < 4.78 is 5.57. The third-order valence-corrected chi connectivity index (χ3v) is 4.85. The van der Waals surface area contributed by atoms with Crippen molar-refractivity contribution in [3.05, 3.63) is 57.6 Å². The first-order valence-corrected chi connectivity index (χ1v) is 9.51. The van der Waals surface area contributed by atoms with Gasteiger partial charge in [-0.1, -0.05) is 30.1 Å². The van der Waals surface area contributed by atoms with Crippen LogP contribution in [0.2, 0.25) is 10.2 Å². The average molecular weight is 408 g/mol. The molecule has 8 heteroatoms. The molecular formula is C18H15Cl2N3O2S. The molecular weight excluding hydrogens is 393 g/mol. The molecule has 0 radical (unpaired) electrons. The van der Waals surface area contributed by atoms with Gasteiger partial charge in [0.15, 0.2) is 5.13 Å². The van der Waals surface area contributed by atoms with Gasteiger partial charge in [0.2, 0.25) is 0 Å². The van der Waals surface area contributed by atoms with Crippen molar-refractivity contribution in [2.24, 2.45) is 0 Å². The third-order valence-electron chi connectivity index (χ3n) is 3.41. The van der Waals surface area contributed by atoms with Crippen LogP contribution in [0.5, 0.6) is 5.75 Å². The molecule has 134 valence electrons. The number of benzene rings is 1. The summed E-state index contributed by atoms with van der Waals surface area (Å²) in [6.07, 6.45) is 2.33. The molecule has 0 atom stereocenters. The lowest BCUT2D eigenvalue weighted by atomic mass is 10.2. The Morgan fingerprint density at radius 2 is 2.04 bits per heavy atom. The van der Waals surface area contributed by atoms with Crippen molar-refractivity contribution in [2.45, 2.75) is 13.3 Å². The molecule has 0 bridgehead atoms. The van der Waals surface area contributed by atoms with Crippen molar-refractivity contribution in [2.75, 3.05) is 11.9 Å². The molecule has 0 aliphatic rings. The average Bonchev–Trinajstić information content (AvgIpc) is 3.11. The molecule has 1 aromatic carbocycles. The maximum atomic E-state index is 12.3. The lowest BCUT2D eigenvalue weighted by Gasteiger charge is -2.05. The smallest absolute Gasteiger partial charge is 0.259 e. The monoisotopic (exact) mass is 407 g/mol. The molecule has 1 N–H and O–H groups in total. The number of pyridine rings is 1. The van der Waals surface area contributed by atoms with Crippen LogP contribution in [0.15, 0.2) is 41.9 Å². The SMILES string of the molecule is CCCOc1ccc(-c2csc(NC(=O)c3cnc(Cl)c(Cl)c3)n2)cc1. The minimum Gasteiger partial charge on any atom is -0.494 e. The summed E-state index contributed by atoms with van der Waals surface area (Å²) in [7, 11) is 0. The third kappa shape index (κ3) is 4.52. The van der Waals surface area contributed by atoms with Crippen LogP contribution in [-0.4, -0.2) is 22.5 Å². The maximum Gasteiger partial charge on any atom is 0.259 e. The van der Waals surface area contributed by atoms with Gasteiger partial charge >= 0.3 is 0 Å². The van der Waals surface area contributed by atoms with Gasteiger partial charge in [0.25, 0.3) is 5.91 Å². The Kier molecular flexibility index (Phi) is 6.08. The molecule has 2 aromatic heterocycles. The van der Waals surface area contributed by atoms with Gasteiger partial charge in [0.1, 0.15) is 10.9 Å². The van der Waals surface area contributed by atoms with Crippen LogP contribution in [0.25, 0.3) is 11.3 Å². The highest BCUT2D eigenvalue weighted by Gasteiger charge is 2.12. The number of halogens is 2. The number of ether oxygens (including phenoxy) is 1. The summed E-state index contributed by atoms with van der Waals surface area (Å²) >= 11 is 13.0. The maximum absolute atomic E-state index is 12.3. The van der Waals surface area contributed by atoms with Crippen molar-refractivity contribution in [3.63, 3.8) is 0 Å². The Labute approximate surface area is 165 Å². The lowest BCUT2D eigenvalue weighted by Crippen LogP contribution is -2.12. The highest BCUT2D eigenvalue weighted by molar-refractivity contribution is 7.14. The molecule has 0 fully saturated rings. The number of hydrogen-bond acceptors (Lipinski definition) is 5. The van der Waals surface area contributed by atoms with Gasteiger partial charge in [-0.3, -0.25) is 10.1 Å². The van der Waals surface area contributed by atoms with Crippen molar-refractivity contribution >= 4 is 45.6 Å². The summed E-state index contributed by atoms with van der Waals surface area (Å²) in [4.78, 5) is 20.6. The van der Waals surface area contributed by atoms with Gasteiger partial charge in [-0.15, -0.1) is 11.3 Å². The topological polar surface area (TPSA) is 64.1 Å². The second kappa shape index (κ2) is 8.49. The minimum absolute atomic E-state index is 0.158. The Morgan fingerprint density at radius 3 is 2.73 bits per heavy atom. The lowest BCUT2D eigenvalue weighted by molar-refractivity contribution is 0.102. The van der Waals surface area contributed by atoms with E-state index in [0.29, 0.717) is 17.3 Å². The molecule has 1 amide bonds. The second-order valence-electron chi connectivity index (χ2n) is 5.36. The summed E-state index contributed by atoms with van der Waals surface area (Å²) in [5.74, 6) is 0.478. The number of hydrogen-bond donors (Lipinski definition) is 1. The second-order valence-corrected chi connectivity index (χ2v) is 6.98. The Morgan fingerprint density at radius 1 is 1.27 bits per heavy atom. The van der Waals surface area contributed by atoms with Crippen LogP contribution in [0.3, 0.4) is 0 Å². The van der Waals surface area contributed by atoms with E-state index in [1.165, 1.54) is 23.6 Å². The molecule has 5 nitrogen and oxygen atoms in total. The summed E-state index contributed by atoms with van der Waals surface area (Å²) in [6, 6.07) is 9.16. The van der Waals surface area contributed by atoms with Crippen LogP contribution in [0.1, 0.15) is 23.7 Å². The molecule has 0 spiro atoms. The van der Waals surface area contributed by atoms with Crippen LogP contribution >= 0.6 is 34.5 Å². The van der Waals surface area contributed by atoms with Gasteiger partial charge in [-0.2, -0.15) is 0 Å². The highest BCUT2D eigenvalue weighted by atomic mass is 35.5. The molecule has 2 heterocycles. The molecule has 26 heavy (non-hydrogen) atoms. The Balaban J connectivity index is 1.69. The van der Waals surface area contributed by atoms with E-state index < -0.39 is 0 Å². The summed E-state index contributed by atoms with van der Waals surface area (Å²) in [5, 5.41) is 5.49. The zero-order valence-electron chi connectivity index (χ0n) is 13.8. The first-order valence-electron chi connectivity index (χ1n) is 7.88. The zero-order chi connectivity index (χ0) is 18.5. The quantitative estimate of drug-likeness (QED) is 0.543. The number of anilines is 1. The molecule has 0 saturated heterocycles. The van der Waals surface area contributed by atoms with E-state index in [4.69, 9.17) is 27.9 Å². The van der Waals surface area contributed by atoms with Crippen molar-refractivity contribution in [1.82, 2.24) is 9.97 Å². The summed E-state index contributed by atoms with van der Waals surface area (Å²) in [5.41, 5.74) is 2.04. The van der Waals surface area contributed by atoms with Crippen molar-refractivity contribution in [3.8, 4) is 17.0 Å². The van der Waals surface area contributed by atoms with Crippen molar-refractivity contribution < 1.29 is 9.53 Å². The number of carbonyl (C=O) groups excluding carboxylic acids is 1. The fourth-order valence-corrected chi connectivity index (χ4v) is 3.10. The first-order chi connectivity index (χ1) is 12.6. The molecule has 3 rings (SSSR count). The fourth-order valence-electron chi connectivity index (χ4n) is 2.12. The summed E-state index contributed by atoms with van der Waals surface area (Å²) in [6.45, 7) is 2.75. The standard InChI is InChI=1S/C18H15Cl2N3O2S/c1-2-7-25-13-5-3-11(4-6-13)15-10-26-18(22-15)23-17(24)12-8-14(19)16(20)21-9-12/h3-6,8-10H,2,7H2,1H3,(H,22,23,24). The molecule has 0 saturated carbocycles. The van der Waals surface area contributed by atoms with E-state index in [1.54, 1.807) is 0 Å². The van der Waals surface area contributed by atoms with E-state index in [1.807, 2.05) is 29.6 Å². The number of aromatic nitrogens is 2. The molecule has 0 aliphatic carbocycles. The minimum atomic E-state index is -0.347. The Hall–Kier alpha value is -2.15. The number of nitrogens with one attached hydrogen (secondary N) is 1. The van der Waals surface area contributed by atoms with Crippen LogP contribution < -0.4 is 10.1 Å². The van der Waals surface area contributed by atoms with E-state index in [2.05, 4.69) is 22.2 Å². The number of thiazole rings is 1. The van der Waals surface area contributed by atoms with Gasteiger partial charge in [-0.05, 0) is 36.8 Å². The number of rotatable bonds is 6. The van der Waals surface area contributed by atoms with Crippen LogP contribution in [0, 0.1) is 0 Å². The predicted octanol–water partition coefficient (Wildman–Crippen LogP) is 5.55. The van der Waals surface area contributed by atoms with E-state index in [0.717, 1.165) is 23.4 Å². The number of amides is 1.